The molecule has 2 aromatic rings. The van der Waals surface area contributed by atoms with Gasteiger partial charge in [-0.2, -0.15) is 0 Å². The normalized spacial score (nSPS) is 11.6. The molecule has 2 aromatic carbocycles. The Labute approximate surface area is 136 Å². The average Bonchev–Trinajstić information content (AvgIpc) is 2.52. The number of rotatable bonds is 6. The summed E-state index contributed by atoms with van der Waals surface area (Å²) in [7, 11) is 0. The van der Waals surface area contributed by atoms with Crippen LogP contribution in [0.5, 0.6) is 0 Å². The molecule has 0 unspecified atom stereocenters. The van der Waals surface area contributed by atoms with E-state index in [0.717, 1.165) is 17.7 Å². The van der Waals surface area contributed by atoms with Gasteiger partial charge < -0.3 is 15.2 Å². The summed E-state index contributed by atoms with van der Waals surface area (Å²) in [6.45, 7) is -0.0202. The van der Waals surface area contributed by atoms with E-state index < -0.39 is 29.7 Å². The van der Waals surface area contributed by atoms with Crippen LogP contribution < -0.4 is 5.32 Å². The van der Waals surface area contributed by atoms with Gasteiger partial charge in [-0.15, -0.1) is 0 Å². The molecule has 0 aliphatic carbocycles. The van der Waals surface area contributed by atoms with Crippen molar-refractivity contribution >= 4 is 12.1 Å². The molecule has 0 aliphatic rings. The van der Waals surface area contributed by atoms with Gasteiger partial charge in [-0.05, 0) is 23.3 Å². The summed E-state index contributed by atoms with van der Waals surface area (Å²) < 4.78 is 31.2. The molecule has 0 bridgehead atoms. The molecule has 5 nitrogen and oxygen atoms in total. The van der Waals surface area contributed by atoms with Crippen molar-refractivity contribution in [3.05, 3.63) is 71.3 Å². The van der Waals surface area contributed by atoms with E-state index in [1.54, 1.807) is 24.3 Å². The van der Waals surface area contributed by atoms with Crippen LogP contribution in [0.25, 0.3) is 0 Å². The second kappa shape index (κ2) is 8.05. The minimum atomic E-state index is -1.37. The Morgan fingerprint density at radius 3 is 2.25 bits per heavy atom. The van der Waals surface area contributed by atoms with Crippen LogP contribution in [-0.2, 0) is 22.6 Å². The number of carboxylic acids is 1. The summed E-state index contributed by atoms with van der Waals surface area (Å²) in [5, 5.41) is 11.3. The average molecular weight is 335 g/mol. The Bertz CT molecular complexity index is 702. The minimum absolute atomic E-state index is 0.0202. The predicted molar refractivity (Wildman–Crippen MR) is 81.2 cm³/mol. The van der Waals surface area contributed by atoms with Gasteiger partial charge in [-0.1, -0.05) is 30.3 Å². The fourth-order valence-corrected chi connectivity index (χ4v) is 2.07. The molecule has 0 saturated heterocycles. The highest BCUT2D eigenvalue weighted by Gasteiger charge is 2.21. The van der Waals surface area contributed by atoms with Gasteiger partial charge in [0.2, 0.25) is 0 Å². The molecular weight excluding hydrogens is 320 g/mol. The number of hydrogen-bond donors (Lipinski definition) is 2. The van der Waals surface area contributed by atoms with Gasteiger partial charge in [0.1, 0.15) is 24.3 Å². The highest BCUT2D eigenvalue weighted by molar-refractivity contribution is 5.80. The summed E-state index contributed by atoms with van der Waals surface area (Å²) >= 11 is 0. The minimum Gasteiger partial charge on any atom is -0.480 e. The van der Waals surface area contributed by atoms with Crippen LogP contribution in [0.1, 0.15) is 11.1 Å². The van der Waals surface area contributed by atoms with Gasteiger partial charge in [0.25, 0.3) is 0 Å². The van der Waals surface area contributed by atoms with Gasteiger partial charge >= 0.3 is 12.1 Å². The van der Waals surface area contributed by atoms with E-state index in [4.69, 9.17) is 9.84 Å². The van der Waals surface area contributed by atoms with Crippen LogP contribution in [0.4, 0.5) is 13.6 Å². The molecule has 2 N–H and O–H groups in total. The highest BCUT2D eigenvalue weighted by atomic mass is 19.1. The summed E-state index contributed by atoms with van der Waals surface area (Å²) in [6, 6.07) is 10.2. The van der Waals surface area contributed by atoms with E-state index >= 15 is 0 Å². The van der Waals surface area contributed by atoms with E-state index in [0.29, 0.717) is 6.07 Å². The van der Waals surface area contributed by atoms with Crippen LogP contribution >= 0.6 is 0 Å². The standard InChI is InChI=1S/C17H15F2NO4/c18-13-6-12(7-14(19)9-13)8-15(16(21)22)20-17(23)24-10-11-4-2-1-3-5-11/h1-7,9,15H,8,10H2,(H,20,23)(H,21,22)/t15-/m0/s1. The molecule has 2 rings (SSSR count). The van der Waals surface area contributed by atoms with Crippen LogP contribution in [0.3, 0.4) is 0 Å². The number of alkyl carbamates (subject to hydrolysis) is 1. The zero-order valence-corrected chi connectivity index (χ0v) is 12.5. The number of ether oxygens (including phenoxy) is 1. The first-order valence-electron chi connectivity index (χ1n) is 7.09. The van der Waals surface area contributed by atoms with Gasteiger partial charge in [0, 0.05) is 12.5 Å². The second-order valence-corrected chi connectivity index (χ2v) is 5.08. The molecule has 1 amide bonds. The Morgan fingerprint density at radius 1 is 1.04 bits per heavy atom. The third-order valence-corrected chi connectivity index (χ3v) is 3.17. The van der Waals surface area contributed by atoms with E-state index in [1.165, 1.54) is 0 Å². The molecule has 0 aliphatic heterocycles. The fraction of sp³-hybridized carbons (Fsp3) is 0.176. The molecule has 7 heteroatoms. The maximum Gasteiger partial charge on any atom is 0.408 e. The first-order chi connectivity index (χ1) is 11.4. The second-order valence-electron chi connectivity index (χ2n) is 5.08. The van der Waals surface area contributed by atoms with Gasteiger partial charge in [0.05, 0.1) is 0 Å². The maximum atomic E-state index is 13.2. The smallest absolute Gasteiger partial charge is 0.408 e. The summed E-state index contributed by atoms with van der Waals surface area (Å²) in [5.74, 6) is -2.97. The topological polar surface area (TPSA) is 75.6 Å². The van der Waals surface area contributed by atoms with Crippen LogP contribution in [-0.4, -0.2) is 23.2 Å². The van der Waals surface area contributed by atoms with Crippen molar-refractivity contribution in [2.45, 2.75) is 19.1 Å². The van der Waals surface area contributed by atoms with E-state index in [1.807, 2.05) is 6.07 Å². The fourth-order valence-electron chi connectivity index (χ4n) is 2.07. The Kier molecular flexibility index (Phi) is 5.83. The molecule has 126 valence electrons. The lowest BCUT2D eigenvalue weighted by Crippen LogP contribution is -2.42. The zero-order chi connectivity index (χ0) is 17.5. The summed E-state index contributed by atoms with van der Waals surface area (Å²) in [6.07, 6.45) is -1.20. The highest BCUT2D eigenvalue weighted by Crippen LogP contribution is 2.11. The lowest BCUT2D eigenvalue weighted by atomic mass is 10.1. The number of carboxylic acid groups (broad SMARTS) is 1. The van der Waals surface area contributed by atoms with Crippen molar-refractivity contribution in [3.63, 3.8) is 0 Å². The van der Waals surface area contributed by atoms with E-state index in [2.05, 4.69) is 5.32 Å². The van der Waals surface area contributed by atoms with Crippen molar-refractivity contribution in [2.24, 2.45) is 0 Å². The molecule has 0 aromatic heterocycles. The van der Waals surface area contributed by atoms with Crippen molar-refractivity contribution in [1.82, 2.24) is 5.32 Å². The summed E-state index contributed by atoms with van der Waals surface area (Å²) in [4.78, 5) is 22.9. The van der Waals surface area contributed by atoms with E-state index in [9.17, 15) is 18.4 Å². The van der Waals surface area contributed by atoms with Crippen molar-refractivity contribution < 1.29 is 28.2 Å². The molecule has 0 fully saturated rings. The Hall–Kier alpha value is -2.96. The number of carbonyl (C=O) groups excluding carboxylic acids is 1. The largest absolute Gasteiger partial charge is 0.480 e. The number of amides is 1. The third-order valence-electron chi connectivity index (χ3n) is 3.17. The van der Waals surface area contributed by atoms with Crippen molar-refractivity contribution in [2.75, 3.05) is 0 Å². The number of carbonyl (C=O) groups is 2. The van der Waals surface area contributed by atoms with Gasteiger partial charge in [-0.3, -0.25) is 0 Å². The maximum absolute atomic E-state index is 13.2. The molecule has 1 atom stereocenters. The zero-order valence-electron chi connectivity index (χ0n) is 12.5. The number of hydrogen-bond acceptors (Lipinski definition) is 3. The van der Waals surface area contributed by atoms with Crippen LogP contribution in [0, 0.1) is 11.6 Å². The first kappa shape index (κ1) is 17.4. The predicted octanol–water partition coefficient (Wildman–Crippen LogP) is 2.89. The summed E-state index contributed by atoms with van der Waals surface area (Å²) in [5.41, 5.74) is 0.856. The van der Waals surface area contributed by atoms with Gasteiger partial charge in [0.15, 0.2) is 0 Å². The van der Waals surface area contributed by atoms with Crippen molar-refractivity contribution in [3.8, 4) is 0 Å². The van der Waals surface area contributed by atoms with Crippen LogP contribution in [0.2, 0.25) is 0 Å². The molecule has 0 saturated carbocycles. The molecule has 0 heterocycles. The first-order valence-corrected chi connectivity index (χ1v) is 7.09. The molecule has 0 spiro atoms. The number of halogens is 2. The van der Waals surface area contributed by atoms with Crippen LogP contribution in [0.15, 0.2) is 48.5 Å². The Morgan fingerprint density at radius 2 is 1.67 bits per heavy atom. The molecule has 0 radical (unpaired) electrons. The Balaban J connectivity index is 1.95. The molecule has 24 heavy (non-hydrogen) atoms. The monoisotopic (exact) mass is 335 g/mol. The number of aliphatic carboxylic acids is 1. The molecular formula is C17H15F2NO4. The lowest BCUT2D eigenvalue weighted by molar-refractivity contribution is -0.139. The number of benzene rings is 2. The van der Waals surface area contributed by atoms with E-state index in [-0.39, 0.29) is 18.6 Å². The van der Waals surface area contributed by atoms with Gasteiger partial charge in [-0.25, -0.2) is 18.4 Å². The quantitative estimate of drug-likeness (QED) is 0.851. The SMILES string of the molecule is O=C(N[C@@H](Cc1cc(F)cc(F)c1)C(=O)O)OCc1ccccc1. The number of nitrogens with one attached hydrogen (secondary N) is 1. The third kappa shape index (κ3) is 5.35. The lowest BCUT2D eigenvalue weighted by Gasteiger charge is -2.15. The van der Waals surface area contributed by atoms with Crippen molar-refractivity contribution in [1.29, 1.82) is 0 Å².